The molecule has 7 unspecified atom stereocenters. The van der Waals surface area contributed by atoms with Gasteiger partial charge in [0.15, 0.2) is 0 Å². The van der Waals surface area contributed by atoms with Crippen LogP contribution < -0.4 is 0 Å². The molecule has 2 aromatic carbocycles. The molecule has 288 valence electrons. The molecule has 2 N–H and O–H groups in total. The maximum Gasteiger partial charge on any atom is 0.339 e. The van der Waals surface area contributed by atoms with Crippen molar-refractivity contribution in [3.05, 3.63) is 94.1 Å². The number of hydrogen-bond acceptors (Lipinski definition) is 6. The number of rotatable bonds is 7. The lowest BCUT2D eigenvalue weighted by Crippen LogP contribution is -2.63. The molecular formula is C46H56O8. The van der Waals surface area contributed by atoms with Crippen LogP contribution in [-0.4, -0.2) is 46.8 Å². The van der Waals surface area contributed by atoms with Crippen molar-refractivity contribution in [2.45, 2.75) is 112 Å². The van der Waals surface area contributed by atoms with Gasteiger partial charge in [-0.15, -0.1) is 0 Å². The van der Waals surface area contributed by atoms with Crippen molar-refractivity contribution >= 4 is 23.9 Å². The van der Waals surface area contributed by atoms with Gasteiger partial charge in [-0.25, -0.2) is 19.2 Å². The molecule has 8 heteroatoms. The molecule has 0 heterocycles. The van der Waals surface area contributed by atoms with Gasteiger partial charge in [-0.3, -0.25) is 0 Å². The van der Waals surface area contributed by atoms with Crippen molar-refractivity contribution in [1.29, 1.82) is 0 Å². The lowest BCUT2D eigenvalue weighted by molar-refractivity contribution is -0.183. The minimum absolute atomic E-state index is 0.0114. The Morgan fingerprint density at radius 1 is 0.704 bits per heavy atom. The molecule has 0 bridgehead atoms. The van der Waals surface area contributed by atoms with Gasteiger partial charge in [0.05, 0.1) is 28.9 Å². The number of carboxylic acids is 2. The Morgan fingerprint density at radius 3 is 1.89 bits per heavy atom. The van der Waals surface area contributed by atoms with Crippen LogP contribution in [0.2, 0.25) is 0 Å². The summed E-state index contributed by atoms with van der Waals surface area (Å²) in [5.41, 5.74) is 2.50. The van der Waals surface area contributed by atoms with Gasteiger partial charge in [0.2, 0.25) is 0 Å². The van der Waals surface area contributed by atoms with Gasteiger partial charge in [0, 0.05) is 10.8 Å². The molecule has 0 aromatic heterocycles. The Hall–Kier alpha value is -4.20. The second-order valence-corrected chi connectivity index (χ2v) is 19.2. The van der Waals surface area contributed by atoms with E-state index in [4.69, 9.17) is 9.47 Å². The van der Waals surface area contributed by atoms with Crippen LogP contribution in [-0.2, 0) is 9.47 Å². The molecule has 0 saturated heterocycles. The van der Waals surface area contributed by atoms with E-state index in [2.05, 4.69) is 60.6 Å². The Kier molecular flexibility index (Phi) is 9.13. The summed E-state index contributed by atoms with van der Waals surface area (Å²) >= 11 is 0. The number of esters is 2. The fraction of sp³-hybridized carbons (Fsp3) is 0.565. The van der Waals surface area contributed by atoms with Crippen molar-refractivity contribution in [1.82, 2.24) is 0 Å². The summed E-state index contributed by atoms with van der Waals surface area (Å²) in [6.07, 6.45) is 13.4. The lowest BCUT2D eigenvalue weighted by atomic mass is 9.35. The fourth-order valence-corrected chi connectivity index (χ4v) is 12.3. The Balaban J connectivity index is 1.15. The van der Waals surface area contributed by atoms with E-state index in [1.54, 1.807) is 24.3 Å². The van der Waals surface area contributed by atoms with Gasteiger partial charge in [-0.05, 0) is 121 Å². The highest BCUT2D eigenvalue weighted by Gasteiger charge is 2.67. The summed E-state index contributed by atoms with van der Waals surface area (Å²) in [5.74, 6) is -2.81. The molecule has 8 atom stereocenters. The Bertz CT molecular complexity index is 1970. The number of allylic oxidation sites excluding steroid dienone is 4. The van der Waals surface area contributed by atoms with E-state index in [0.717, 1.165) is 57.8 Å². The third kappa shape index (κ3) is 5.76. The lowest BCUT2D eigenvalue weighted by Gasteiger charge is -2.69. The van der Waals surface area contributed by atoms with Crippen LogP contribution in [0, 0.1) is 44.3 Å². The monoisotopic (exact) mass is 736 g/mol. The standard InChI is InChI=1S/C46H56O8/c1-41(2)34-18-21-46(7)35(44(34,5)20-19-36(41)54-40(52)31-15-11-9-13-29(31)38(49)50)17-16-32-33-26-42(3,22-23-43(33,4)24-25-45(32,46)6)27-53-39(51)30-14-10-8-12-28(30)37(47)48/h8-17,34-36H,18-27H2,1-7H3,(H,47,48)(H,49,50)/t34?,35?,36?,42?,43?,44?,45-,46?/m1/s1. The van der Waals surface area contributed by atoms with E-state index in [0.29, 0.717) is 11.8 Å². The molecule has 7 rings (SSSR count). The molecule has 8 nitrogen and oxygen atoms in total. The first-order valence-electron chi connectivity index (χ1n) is 19.7. The highest BCUT2D eigenvalue weighted by Crippen LogP contribution is 2.74. The number of carbonyl (C=O) groups is 4. The second-order valence-electron chi connectivity index (χ2n) is 19.2. The van der Waals surface area contributed by atoms with Crippen LogP contribution in [0.5, 0.6) is 0 Å². The maximum absolute atomic E-state index is 13.5. The predicted octanol–water partition coefficient (Wildman–Crippen LogP) is 10.2. The third-order valence-corrected chi connectivity index (χ3v) is 15.8. The largest absolute Gasteiger partial charge is 0.478 e. The third-order valence-electron chi connectivity index (χ3n) is 15.8. The van der Waals surface area contributed by atoms with Crippen LogP contribution in [0.4, 0.5) is 0 Å². The van der Waals surface area contributed by atoms with Gasteiger partial charge >= 0.3 is 23.9 Å². The molecule has 2 aromatic rings. The van der Waals surface area contributed by atoms with Crippen LogP contribution in [0.1, 0.15) is 148 Å². The van der Waals surface area contributed by atoms with Crippen molar-refractivity contribution < 1.29 is 38.9 Å². The molecule has 3 fully saturated rings. The van der Waals surface area contributed by atoms with Gasteiger partial charge < -0.3 is 19.7 Å². The number of aromatic carboxylic acids is 2. The Labute approximate surface area is 319 Å². The van der Waals surface area contributed by atoms with Gasteiger partial charge in [-0.2, -0.15) is 0 Å². The summed E-state index contributed by atoms with van der Waals surface area (Å²) < 4.78 is 12.1. The first-order valence-corrected chi connectivity index (χ1v) is 19.7. The van der Waals surface area contributed by atoms with Crippen molar-refractivity contribution in [2.24, 2.45) is 44.3 Å². The van der Waals surface area contributed by atoms with Gasteiger partial charge in [-0.1, -0.05) is 90.5 Å². The minimum Gasteiger partial charge on any atom is -0.478 e. The van der Waals surface area contributed by atoms with Crippen LogP contribution >= 0.6 is 0 Å². The molecule has 0 aliphatic heterocycles. The van der Waals surface area contributed by atoms with Crippen LogP contribution in [0.15, 0.2) is 71.8 Å². The molecule has 0 radical (unpaired) electrons. The molecule has 0 spiro atoms. The summed E-state index contributed by atoms with van der Waals surface area (Å²) in [6.45, 7) is 16.8. The number of carbonyl (C=O) groups excluding carboxylic acids is 2. The van der Waals surface area contributed by atoms with Crippen molar-refractivity contribution in [2.75, 3.05) is 6.61 Å². The summed E-state index contributed by atoms with van der Waals surface area (Å²) in [6, 6.07) is 12.5. The zero-order chi connectivity index (χ0) is 39.1. The molecule has 54 heavy (non-hydrogen) atoms. The number of carboxylic acid groups (broad SMARTS) is 2. The van der Waals surface area contributed by atoms with Gasteiger partial charge in [0.1, 0.15) is 6.10 Å². The van der Waals surface area contributed by atoms with Crippen molar-refractivity contribution in [3.63, 3.8) is 0 Å². The topological polar surface area (TPSA) is 127 Å². The second kappa shape index (κ2) is 12.9. The average molecular weight is 737 g/mol. The van der Waals surface area contributed by atoms with Gasteiger partial charge in [0.25, 0.3) is 0 Å². The quantitative estimate of drug-likeness (QED) is 0.269. The molecule has 3 saturated carbocycles. The highest BCUT2D eigenvalue weighted by atomic mass is 16.5. The Morgan fingerprint density at radius 2 is 1.28 bits per heavy atom. The zero-order valence-electron chi connectivity index (χ0n) is 32.9. The minimum atomic E-state index is -1.14. The number of hydrogen-bond donors (Lipinski definition) is 2. The molecule has 0 amide bonds. The highest BCUT2D eigenvalue weighted by molar-refractivity contribution is 6.03. The predicted molar refractivity (Wildman–Crippen MR) is 205 cm³/mol. The smallest absolute Gasteiger partial charge is 0.339 e. The molecule has 5 aliphatic rings. The van der Waals surface area contributed by atoms with Crippen LogP contribution in [0.25, 0.3) is 0 Å². The van der Waals surface area contributed by atoms with E-state index in [1.807, 2.05) is 0 Å². The van der Waals surface area contributed by atoms with Crippen LogP contribution in [0.3, 0.4) is 0 Å². The number of benzene rings is 2. The summed E-state index contributed by atoms with van der Waals surface area (Å²) in [4.78, 5) is 50.3. The van der Waals surface area contributed by atoms with Crippen molar-refractivity contribution in [3.8, 4) is 0 Å². The first kappa shape index (κ1) is 38.1. The van der Waals surface area contributed by atoms with E-state index in [9.17, 15) is 29.4 Å². The number of fused-ring (bicyclic) bond motifs is 6. The SMILES string of the molecule is CC1(COC(=O)c2ccccc2C(=O)O)CCC2(C)CC[C@]3(C)C(=C2C1)C=CC1C2(C)CCC(OC(=O)c4ccccc4C(=O)O)C(C)(C)C2CCC13C. The van der Waals surface area contributed by atoms with E-state index >= 15 is 0 Å². The normalized spacial score (nSPS) is 36.5. The molecule has 5 aliphatic carbocycles. The average Bonchev–Trinajstić information content (AvgIpc) is 3.13. The summed E-state index contributed by atoms with van der Waals surface area (Å²) in [5, 5.41) is 19.3. The first-order chi connectivity index (χ1) is 25.3. The van der Waals surface area contributed by atoms with E-state index in [-0.39, 0.29) is 67.5 Å². The zero-order valence-corrected chi connectivity index (χ0v) is 32.9. The fourth-order valence-electron chi connectivity index (χ4n) is 12.3. The van der Waals surface area contributed by atoms with E-state index < -0.39 is 23.9 Å². The van der Waals surface area contributed by atoms with E-state index in [1.165, 1.54) is 35.4 Å². The number of ether oxygens (including phenoxy) is 2. The summed E-state index contributed by atoms with van der Waals surface area (Å²) in [7, 11) is 0. The maximum atomic E-state index is 13.5. The molecular weight excluding hydrogens is 680 g/mol.